The van der Waals surface area contributed by atoms with Crippen molar-refractivity contribution in [2.45, 2.75) is 19.8 Å². The molecule has 0 radical (unpaired) electrons. The van der Waals surface area contributed by atoms with Crippen molar-refractivity contribution in [3.8, 4) is 0 Å². The SMILES string of the molecule is CCCc1nnsc1C(N)=O. The van der Waals surface area contributed by atoms with E-state index in [1.165, 1.54) is 0 Å². The minimum absolute atomic E-state index is 0.427. The van der Waals surface area contributed by atoms with Gasteiger partial charge in [0.15, 0.2) is 0 Å². The summed E-state index contributed by atoms with van der Waals surface area (Å²) >= 11 is 1.06. The van der Waals surface area contributed by atoms with Crippen molar-refractivity contribution in [1.29, 1.82) is 0 Å². The summed E-state index contributed by atoms with van der Waals surface area (Å²) < 4.78 is 3.65. The van der Waals surface area contributed by atoms with Gasteiger partial charge in [-0.15, -0.1) is 5.10 Å². The van der Waals surface area contributed by atoms with Gasteiger partial charge in [-0.1, -0.05) is 17.8 Å². The van der Waals surface area contributed by atoms with Crippen LogP contribution >= 0.6 is 11.5 Å². The van der Waals surface area contributed by atoms with Crippen molar-refractivity contribution in [1.82, 2.24) is 9.59 Å². The smallest absolute Gasteiger partial charge is 0.262 e. The molecule has 0 saturated heterocycles. The van der Waals surface area contributed by atoms with E-state index < -0.39 is 5.91 Å². The van der Waals surface area contributed by atoms with Gasteiger partial charge in [-0.25, -0.2) is 0 Å². The third kappa shape index (κ3) is 1.74. The highest BCUT2D eigenvalue weighted by Gasteiger charge is 2.11. The highest BCUT2D eigenvalue weighted by atomic mass is 32.1. The summed E-state index contributed by atoms with van der Waals surface area (Å²) in [6, 6.07) is 0. The predicted molar refractivity (Wildman–Crippen MR) is 42.4 cm³/mol. The van der Waals surface area contributed by atoms with Gasteiger partial charge in [-0.2, -0.15) is 0 Å². The normalized spacial score (nSPS) is 9.91. The highest BCUT2D eigenvalue weighted by Crippen LogP contribution is 2.10. The fourth-order valence-electron chi connectivity index (χ4n) is 0.796. The molecule has 0 aliphatic heterocycles. The quantitative estimate of drug-likeness (QED) is 0.723. The fraction of sp³-hybridized carbons (Fsp3) is 0.500. The molecule has 0 aromatic carbocycles. The number of carbonyl (C=O) groups is 1. The minimum Gasteiger partial charge on any atom is -0.365 e. The van der Waals surface area contributed by atoms with Crippen molar-refractivity contribution in [3.05, 3.63) is 10.6 Å². The summed E-state index contributed by atoms with van der Waals surface area (Å²) in [6.45, 7) is 2.02. The Balaban J connectivity index is 2.87. The van der Waals surface area contributed by atoms with E-state index in [2.05, 4.69) is 9.59 Å². The van der Waals surface area contributed by atoms with Gasteiger partial charge in [-0.3, -0.25) is 4.79 Å². The molecule has 1 amide bonds. The zero-order valence-electron chi connectivity index (χ0n) is 6.20. The zero-order chi connectivity index (χ0) is 8.27. The Bertz CT molecular complexity index is 258. The molecule has 0 saturated carbocycles. The van der Waals surface area contributed by atoms with Gasteiger partial charge < -0.3 is 5.73 Å². The first kappa shape index (κ1) is 8.13. The van der Waals surface area contributed by atoms with Crippen LogP contribution in [0.25, 0.3) is 0 Å². The molecule has 4 nitrogen and oxygen atoms in total. The summed E-state index contributed by atoms with van der Waals surface area (Å²) in [4.78, 5) is 11.2. The lowest BCUT2D eigenvalue weighted by molar-refractivity contribution is 0.100. The number of nitrogens with two attached hydrogens (primary N) is 1. The van der Waals surface area contributed by atoms with Gasteiger partial charge in [0.2, 0.25) is 0 Å². The number of primary amides is 1. The van der Waals surface area contributed by atoms with E-state index in [9.17, 15) is 4.79 Å². The molecule has 0 fully saturated rings. The molecular formula is C6H9N3OS. The molecule has 0 spiro atoms. The van der Waals surface area contributed by atoms with Gasteiger partial charge in [0.25, 0.3) is 5.91 Å². The van der Waals surface area contributed by atoms with Gasteiger partial charge in [0.05, 0.1) is 5.69 Å². The Morgan fingerprint density at radius 1 is 1.73 bits per heavy atom. The van der Waals surface area contributed by atoms with E-state index in [4.69, 9.17) is 5.73 Å². The highest BCUT2D eigenvalue weighted by molar-refractivity contribution is 7.07. The molecule has 0 bridgehead atoms. The number of rotatable bonds is 3. The number of aryl methyl sites for hydroxylation is 1. The molecule has 1 heterocycles. The van der Waals surface area contributed by atoms with Gasteiger partial charge in [0, 0.05) is 0 Å². The lowest BCUT2D eigenvalue weighted by Crippen LogP contribution is -2.11. The Morgan fingerprint density at radius 3 is 3.00 bits per heavy atom. The fourth-order valence-corrected chi connectivity index (χ4v) is 1.36. The number of hydrogen-bond acceptors (Lipinski definition) is 4. The monoisotopic (exact) mass is 171 g/mol. The largest absolute Gasteiger partial charge is 0.365 e. The average molecular weight is 171 g/mol. The topological polar surface area (TPSA) is 68.9 Å². The van der Waals surface area contributed by atoms with Crippen molar-refractivity contribution < 1.29 is 4.79 Å². The number of carbonyl (C=O) groups excluding carboxylic acids is 1. The molecule has 0 aliphatic rings. The van der Waals surface area contributed by atoms with Crippen molar-refractivity contribution in [2.24, 2.45) is 5.73 Å². The molecule has 0 unspecified atom stereocenters. The predicted octanol–water partition coefficient (Wildman–Crippen LogP) is 0.590. The Labute approximate surface area is 68.6 Å². The second kappa shape index (κ2) is 3.43. The molecule has 11 heavy (non-hydrogen) atoms. The molecule has 2 N–H and O–H groups in total. The maximum absolute atomic E-state index is 10.7. The van der Waals surface area contributed by atoms with Crippen LogP contribution < -0.4 is 5.73 Å². The van der Waals surface area contributed by atoms with Crippen LogP contribution in [-0.2, 0) is 6.42 Å². The van der Waals surface area contributed by atoms with Gasteiger partial charge >= 0.3 is 0 Å². The van der Waals surface area contributed by atoms with Crippen molar-refractivity contribution in [3.63, 3.8) is 0 Å². The summed E-state index contributed by atoms with van der Waals surface area (Å²) in [6.07, 6.45) is 1.72. The van der Waals surface area contributed by atoms with Crippen LogP contribution in [0.2, 0.25) is 0 Å². The van der Waals surface area contributed by atoms with Crippen LogP contribution in [-0.4, -0.2) is 15.5 Å². The second-order valence-electron chi connectivity index (χ2n) is 2.16. The molecular weight excluding hydrogens is 162 g/mol. The number of hydrogen-bond donors (Lipinski definition) is 1. The Morgan fingerprint density at radius 2 is 2.45 bits per heavy atom. The Kier molecular flexibility index (Phi) is 2.53. The van der Waals surface area contributed by atoms with E-state index in [0.29, 0.717) is 4.88 Å². The van der Waals surface area contributed by atoms with Crippen LogP contribution in [0.3, 0.4) is 0 Å². The van der Waals surface area contributed by atoms with E-state index in [1.807, 2.05) is 6.92 Å². The second-order valence-corrected chi connectivity index (χ2v) is 2.92. The third-order valence-electron chi connectivity index (χ3n) is 1.27. The zero-order valence-corrected chi connectivity index (χ0v) is 7.02. The molecule has 5 heteroatoms. The maximum atomic E-state index is 10.7. The standard InChI is InChI=1S/C6H9N3OS/c1-2-3-4-5(6(7)10)11-9-8-4/h2-3H2,1H3,(H2,7,10). The van der Waals surface area contributed by atoms with Crippen molar-refractivity contribution in [2.75, 3.05) is 0 Å². The number of aromatic nitrogens is 2. The molecule has 0 aliphatic carbocycles. The molecule has 60 valence electrons. The lowest BCUT2D eigenvalue weighted by atomic mass is 10.2. The summed E-state index contributed by atoms with van der Waals surface area (Å²) in [5, 5.41) is 3.79. The first-order chi connectivity index (χ1) is 5.25. The molecule has 0 atom stereocenters. The Hall–Kier alpha value is -0.970. The van der Waals surface area contributed by atoms with Crippen LogP contribution in [0.5, 0.6) is 0 Å². The summed E-state index contributed by atoms with van der Waals surface area (Å²) in [7, 11) is 0. The van der Waals surface area contributed by atoms with Crippen LogP contribution in [0.15, 0.2) is 0 Å². The molecule has 1 aromatic rings. The van der Waals surface area contributed by atoms with E-state index in [-0.39, 0.29) is 0 Å². The van der Waals surface area contributed by atoms with E-state index in [1.54, 1.807) is 0 Å². The third-order valence-corrected chi connectivity index (χ3v) is 2.05. The van der Waals surface area contributed by atoms with Crippen molar-refractivity contribution >= 4 is 17.4 Å². The summed E-state index contributed by atoms with van der Waals surface area (Å²) in [5.41, 5.74) is 5.81. The number of nitrogens with zero attached hydrogens (tertiary/aromatic N) is 2. The first-order valence-electron chi connectivity index (χ1n) is 3.36. The number of amides is 1. The molecule has 1 aromatic heterocycles. The van der Waals surface area contributed by atoms with Crippen LogP contribution in [0.1, 0.15) is 28.7 Å². The van der Waals surface area contributed by atoms with Gasteiger partial charge in [0.1, 0.15) is 4.88 Å². The van der Waals surface area contributed by atoms with Crippen LogP contribution in [0.4, 0.5) is 0 Å². The van der Waals surface area contributed by atoms with E-state index in [0.717, 1.165) is 30.1 Å². The summed E-state index contributed by atoms with van der Waals surface area (Å²) in [5.74, 6) is -0.427. The van der Waals surface area contributed by atoms with E-state index >= 15 is 0 Å². The minimum atomic E-state index is -0.427. The first-order valence-corrected chi connectivity index (χ1v) is 4.14. The average Bonchev–Trinajstić information content (AvgIpc) is 2.36. The maximum Gasteiger partial charge on any atom is 0.262 e. The van der Waals surface area contributed by atoms with Crippen LogP contribution in [0, 0.1) is 0 Å². The van der Waals surface area contributed by atoms with Gasteiger partial charge in [-0.05, 0) is 18.0 Å². The molecule has 1 rings (SSSR count). The lowest BCUT2D eigenvalue weighted by Gasteiger charge is -1.91.